The molecule has 0 aliphatic heterocycles. The fraction of sp³-hybridized carbons (Fsp3) is 0.804. The zero-order chi connectivity index (χ0) is 72.5. The van der Waals surface area contributed by atoms with Crippen molar-refractivity contribution >= 4 is 0 Å². The van der Waals surface area contributed by atoms with Crippen molar-refractivity contribution in [3.05, 3.63) is 125 Å². The van der Waals surface area contributed by atoms with Crippen LogP contribution in [0.1, 0.15) is 375 Å². The Labute approximate surface area is 638 Å². The molecule has 0 aromatic carbocycles. The Bertz CT molecular complexity index is 2170. The molecule has 0 nitrogen and oxygen atoms in total. The van der Waals surface area contributed by atoms with Gasteiger partial charge in [0.2, 0.25) is 0 Å². The largest absolute Gasteiger partial charge is 0.103 e. The van der Waals surface area contributed by atoms with Crippen molar-refractivity contribution in [1.29, 1.82) is 0 Å². The molecule has 12 aliphatic carbocycles. The molecule has 0 bridgehead atoms. The van der Waals surface area contributed by atoms with Crippen molar-refractivity contribution in [1.82, 2.24) is 0 Å². The van der Waals surface area contributed by atoms with Crippen LogP contribution in [-0.4, -0.2) is 0 Å². The van der Waals surface area contributed by atoms with Crippen LogP contribution in [0.3, 0.4) is 0 Å². The van der Waals surface area contributed by atoms with E-state index in [0.717, 1.165) is 142 Å². The van der Waals surface area contributed by atoms with Crippen molar-refractivity contribution in [2.75, 3.05) is 0 Å². The maximum atomic E-state index is 3.94. The summed E-state index contributed by atoms with van der Waals surface area (Å²) in [5.41, 5.74) is 0. The van der Waals surface area contributed by atoms with E-state index in [4.69, 9.17) is 0 Å². The van der Waals surface area contributed by atoms with E-state index in [2.05, 4.69) is 166 Å². The predicted octanol–water partition coefficient (Wildman–Crippen LogP) is 32.6. The quantitative estimate of drug-likeness (QED) is 0.107. The van der Waals surface area contributed by atoms with Gasteiger partial charge in [-0.25, -0.2) is 0 Å². The van der Waals surface area contributed by atoms with Crippen LogP contribution in [0.25, 0.3) is 0 Å². The van der Waals surface area contributed by atoms with E-state index >= 15 is 0 Å². The van der Waals surface area contributed by atoms with Gasteiger partial charge in [0.05, 0.1) is 0 Å². The first-order valence-electron chi connectivity index (χ1n) is 46.1. The minimum atomic E-state index is 0.820. The standard InChI is InChI=1S/C20H34.C18H30.C17H28.C16H28.C16H26.C15H26/c1-3-5-7-17-9-13-19(14-10-17)20-15-11-18(12-16-20)8-6-4-2;1-3-5-15-7-11-17(12-8-15)18-13-9-16(6-4-2)10-14-18;1-3-5-15-8-12-17(13-9-15)16-10-6-14(4-2)7-11-16;1-3-4-14-7-11-16(12-8-14)15-9-5-13(2)6-10-15;1-3-13-5-9-15(10-6-13)16-11-7-14(4-2)8-12-16;1-3-13-6-10-15(11-7-13)14-8-4-12(2)5-9-14/h3-4,17-20H,1-2,5-16H2;3-6,15-18H,7-14H2,1-2H3;3-5,14-17H,2,6-13H2,1H3;3-4,13-16H,5-12H2,1-2H3;3-4,13-16H,1-2,5-12H2;3,12-15H,1,4-11H2,2H3/b;5-3+,6-4+;5-3+;4-3+;;. The van der Waals surface area contributed by atoms with Gasteiger partial charge >= 0.3 is 0 Å². The lowest BCUT2D eigenvalue weighted by atomic mass is 9.68. The van der Waals surface area contributed by atoms with Crippen LogP contribution in [0.5, 0.6) is 0 Å². The van der Waals surface area contributed by atoms with Crippen LogP contribution in [0.15, 0.2) is 125 Å². The molecule has 0 heterocycles. The van der Waals surface area contributed by atoms with Gasteiger partial charge in [0.1, 0.15) is 0 Å². The minimum Gasteiger partial charge on any atom is -0.103 e. The van der Waals surface area contributed by atoms with Gasteiger partial charge in [-0.05, 0) is 452 Å². The van der Waals surface area contributed by atoms with Crippen LogP contribution in [-0.2, 0) is 0 Å². The summed E-state index contributed by atoms with van der Waals surface area (Å²) in [5.74, 6) is 23.6. The van der Waals surface area contributed by atoms with Gasteiger partial charge in [-0.1, -0.05) is 150 Å². The normalized spacial score (nSPS) is 39.2. The molecule has 0 spiro atoms. The third-order valence-electron chi connectivity index (χ3n) is 31.2. The molecule has 580 valence electrons. The molecular weight excluding hydrogens is 1230 g/mol. The van der Waals surface area contributed by atoms with Crippen molar-refractivity contribution in [2.45, 2.75) is 375 Å². The maximum Gasteiger partial charge on any atom is -0.0233 e. The second kappa shape index (κ2) is 50.9. The average molecular weight is 1400 g/mol. The SMILES string of the molecule is C/C=C/C1CCC(C2CCC(/C=C/C)CC2)CC1.C/C=C/C1CCC(C2CCC(C)CC2)CC1.C=CC1CCC(C2CCC(/C=C/C)CC2)CC1.C=CC1CCC(C2CCC(C)CC2)CC1.C=CC1CCC(C2CCC(C=C)CC2)CC1.C=CCCC1CCC(C2CCC(CCC=C)CC2)CC1. The third-order valence-corrected chi connectivity index (χ3v) is 31.2. The van der Waals surface area contributed by atoms with Crippen molar-refractivity contribution < 1.29 is 0 Å². The Hall–Kier alpha value is -2.60. The van der Waals surface area contributed by atoms with E-state index < -0.39 is 0 Å². The van der Waals surface area contributed by atoms with Crippen LogP contribution in [0.2, 0.25) is 0 Å². The van der Waals surface area contributed by atoms with Gasteiger partial charge in [0.25, 0.3) is 0 Å². The molecule has 0 unspecified atom stereocenters. The van der Waals surface area contributed by atoms with E-state index in [1.807, 2.05) is 0 Å². The van der Waals surface area contributed by atoms with Gasteiger partial charge in [-0.3, -0.25) is 0 Å². The summed E-state index contributed by atoms with van der Waals surface area (Å²) in [6.45, 7) is 36.9. The number of hydrogen-bond acceptors (Lipinski definition) is 0. The fourth-order valence-electron chi connectivity index (χ4n) is 23.9. The first kappa shape index (κ1) is 86.6. The van der Waals surface area contributed by atoms with Gasteiger partial charge in [-0.15, -0.1) is 39.5 Å². The molecule has 0 radical (unpaired) electrons. The highest BCUT2D eigenvalue weighted by atomic mass is 14.4. The van der Waals surface area contributed by atoms with E-state index in [0.29, 0.717) is 0 Å². The summed E-state index contributed by atoms with van der Waals surface area (Å²) in [6, 6.07) is 0. The van der Waals surface area contributed by atoms with E-state index in [1.54, 1.807) is 0 Å². The molecule has 0 heteroatoms. The van der Waals surface area contributed by atoms with Gasteiger partial charge in [-0.2, -0.15) is 0 Å². The highest BCUT2D eigenvalue weighted by Crippen LogP contribution is 2.48. The van der Waals surface area contributed by atoms with Crippen molar-refractivity contribution in [3.8, 4) is 0 Å². The fourth-order valence-corrected chi connectivity index (χ4v) is 23.9. The number of hydrogen-bond donors (Lipinski definition) is 0. The summed E-state index contributed by atoms with van der Waals surface area (Å²) >= 11 is 0. The van der Waals surface area contributed by atoms with Crippen LogP contribution in [0.4, 0.5) is 0 Å². The molecule has 0 saturated heterocycles. The molecular formula is C102H172. The Balaban J connectivity index is 0.000000172. The first-order valence-corrected chi connectivity index (χ1v) is 46.1. The Kier molecular flexibility index (Phi) is 43.2. The first-order chi connectivity index (χ1) is 49.9. The lowest BCUT2D eigenvalue weighted by Gasteiger charge is -2.38. The zero-order valence-corrected chi connectivity index (χ0v) is 69.0. The van der Waals surface area contributed by atoms with E-state index in [-0.39, 0.29) is 0 Å². The summed E-state index contributed by atoms with van der Waals surface area (Å²) in [4.78, 5) is 0. The van der Waals surface area contributed by atoms with Crippen LogP contribution >= 0.6 is 0 Å². The average Bonchev–Trinajstić information content (AvgIpc) is 0.932. The lowest BCUT2D eigenvalue weighted by molar-refractivity contribution is 0.142. The summed E-state index contributed by atoms with van der Waals surface area (Å²) in [6.07, 6.45) is 107. The topological polar surface area (TPSA) is 0 Å². The van der Waals surface area contributed by atoms with E-state index in [1.165, 1.54) is 334 Å². The Morgan fingerprint density at radius 1 is 0.196 bits per heavy atom. The molecule has 12 fully saturated rings. The monoisotopic (exact) mass is 1400 g/mol. The summed E-state index contributed by atoms with van der Waals surface area (Å²) < 4.78 is 0. The summed E-state index contributed by atoms with van der Waals surface area (Å²) in [7, 11) is 0. The van der Waals surface area contributed by atoms with Crippen LogP contribution in [0, 0.1) is 142 Å². The highest BCUT2D eigenvalue weighted by molar-refractivity contribution is 4.97. The number of allylic oxidation sites excluding steroid dienone is 14. The zero-order valence-electron chi connectivity index (χ0n) is 69.0. The lowest BCUT2D eigenvalue weighted by Crippen LogP contribution is -2.25. The minimum absolute atomic E-state index is 0.820. The predicted molar refractivity (Wildman–Crippen MR) is 456 cm³/mol. The molecule has 0 N–H and O–H groups in total. The van der Waals surface area contributed by atoms with Gasteiger partial charge in [0.15, 0.2) is 0 Å². The molecule has 0 aromatic heterocycles. The highest BCUT2D eigenvalue weighted by Gasteiger charge is 2.36. The molecule has 12 saturated carbocycles. The summed E-state index contributed by atoms with van der Waals surface area (Å²) in [5, 5.41) is 0. The van der Waals surface area contributed by atoms with Gasteiger partial charge < -0.3 is 0 Å². The Morgan fingerprint density at radius 3 is 0.490 bits per heavy atom. The maximum absolute atomic E-state index is 3.94. The van der Waals surface area contributed by atoms with Crippen molar-refractivity contribution in [2.24, 2.45) is 142 Å². The molecule has 102 heavy (non-hydrogen) atoms. The second-order valence-corrected chi connectivity index (χ2v) is 37.8. The molecule has 0 aromatic rings. The molecule has 0 atom stereocenters. The Morgan fingerprint density at radius 2 is 0.343 bits per heavy atom. The molecule has 0 amide bonds. The van der Waals surface area contributed by atoms with E-state index in [9.17, 15) is 0 Å². The number of rotatable bonds is 20. The van der Waals surface area contributed by atoms with Gasteiger partial charge in [0, 0.05) is 0 Å². The second-order valence-electron chi connectivity index (χ2n) is 37.8. The molecule has 12 aliphatic rings. The van der Waals surface area contributed by atoms with Crippen LogP contribution < -0.4 is 0 Å². The smallest absolute Gasteiger partial charge is 0.0233 e. The third kappa shape index (κ3) is 31.5. The van der Waals surface area contributed by atoms with Crippen molar-refractivity contribution in [3.63, 3.8) is 0 Å². The molecule has 12 rings (SSSR count).